The van der Waals surface area contributed by atoms with Gasteiger partial charge in [-0.1, -0.05) is 12.1 Å². The Balaban J connectivity index is 1.76. The fourth-order valence-corrected chi connectivity index (χ4v) is 5.52. The van der Waals surface area contributed by atoms with Crippen molar-refractivity contribution in [2.24, 2.45) is 0 Å². The number of aliphatic hydroxyl groups excluding tert-OH is 1. The maximum atomic E-state index is 13.4. The lowest BCUT2D eigenvalue weighted by molar-refractivity contribution is -0.156. The van der Waals surface area contributed by atoms with Crippen LogP contribution in [0.15, 0.2) is 53.4 Å². The molecule has 0 bridgehead atoms. The van der Waals surface area contributed by atoms with Crippen molar-refractivity contribution in [3.8, 4) is 5.75 Å². The Morgan fingerprint density at radius 1 is 1.17 bits per heavy atom. The molecule has 2 aromatic carbocycles. The Labute approximate surface area is 203 Å². The molecule has 12 heteroatoms. The summed E-state index contributed by atoms with van der Waals surface area (Å²) in [5, 5.41) is 22.1. The van der Waals surface area contributed by atoms with E-state index in [1.54, 1.807) is 26.0 Å². The second-order valence-electron chi connectivity index (χ2n) is 8.38. The third-order valence-electron chi connectivity index (χ3n) is 5.47. The number of hydrogen-bond donors (Lipinski definition) is 4. The van der Waals surface area contributed by atoms with E-state index in [0.29, 0.717) is 18.6 Å². The molecule has 10 nitrogen and oxygen atoms in total. The van der Waals surface area contributed by atoms with Crippen LogP contribution in [0.2, 0.25) is 0 Å². The highest BCUT2D eigenvalue weighted by Crippen LogP contribution is 2.28. The minimum atomic E-state index is -4.14. The van der Waals surface area contributed by atoms with Gasteiger partial charge in [0.15, 0.2) is 0 Å². The Morgan fingerprint density at radius 3 is 2.43 bits per heavy atom. The van der Waals surface area contributed by atoms with Crippen LogP contribution < -0.4 is 15.5 Å². The minimum Gasteiger partial charge on any atom is -0.489 e. The van der Waals surface area contributed by atoms with Crippen LogP contribution >= 0.6 is 0 Å². The standard InChI is InChI=1S/C23H30FN3O7S/c1-15(2)34-23(29)25-20-4-3-13-27(21(20)22(28)26-30)35(31,32)19-11-9-18(10-12-19)33-14-16-5-7-17(24)8-6-16/h5-12,15,20-21,23,25,29-30H,3-4,13-14H2,1-2H3,(H,26,28). The molecule has 0 saturated carbocycles. The van der Waals surface area contributed by atoms with Crippen LogP contribution in [0.3, 0.4) is 0 Å². The molecule has 0 aromatic heterocycles. The van der Waals surface area contributed by atoms with Gasteiger partial charge in [0.2, 0.25) is 16.4 Å². The molecule has 0 spiro atoms. The molecule has 0 aliphatic carbocycles. The van der Waals surface area contributed by atoms with Gasteiger partial charge in [-0.3, -0.25) is 15.3 Å². The molecule has 3 rings (SSSR count). The SMILES string of the molecule is CC(C)OC(O)NC1CCCN(S(=O)(=O)c2ccc(OCc3ccc(F)cc3)cc2)C1C(=O)NO. The van der Waals surface area contributed by atoms with E-state index in [2.05, 4.69) is 5.32 Å². The summed E-state index contributed by atoms with van der Waals surface area (Å²) in [5.41, 5.74) is 2.27. The number of amides is 1. The van der Waals surface area contributed by atoms with Crippen LogP contribution in [0.25, 0.3) is 0 Å². The number of hydrogen-bond acceptors (Lipinski definition) is 8. The number of benzene rings is 2. The molecule has 2 aromatic rings. The average Bonchev–Trinajstić information content (AvgIpc) is 2.82. The van der Waals surface area contributed by atoms with Crippen molar-refractivity contribution >= 4 is 15.9 Å². The van der Waals surface area contributed by atoms with Gasteiger partial charge in [0.1, 0.15) is 24.2 Å². The van der Waals surface area contributed by atoms with Gasteiger partial charge in [-0.25, -0.2) is 18.3 Å². The lowest BCUT2D eigenvalue weighted by Crippen LogP contribution is -2.63. The number of hydroxylamine groups is 1. The van der Waals surface area contributed by atoms with Crippen molar-refractivity contribution in [3.05, 3.63) is 59.9 Å². The number of halogens is 1. The van der Waals surface area contributed by atoms with E-state index in [1.807, 2.05) is 0 Å². The Kier molecular flexibility index (Phi) is 9.16. The molecule has 1 heterocycles. The molecule has 1 fully saturated rings. The highest BCUT2D eigenvalue weighted by atomic mass is 32.2. The zero-order valence-corrected chi connectivity index (χ0v) is 20.2. The van der Waals surface area contributed by atoms with Crippen molar-refractivity contribution in [1.82, 2.24) is 15.1 Å². The predicted octanol–water partition coefficient (Wildman–Crippen LogP) is 1.72. The lowest BCUT2D eigenvalue weighted by atomic mass is 9.98. The largest absolute Gasteiger partial charge is 0.489 e. The van der Waals surface area contributed by atoms with E-state index < -0.39 is 34.4 Å². The van der Waals surface area contributed by atoms with E-state index in [0.717, 1.165) is 9.87 Å². The quantitative estimate of drug-likeness (QED) is 0.215. The molecule has 0 radical (unpaired) electrons. The molecule has 3 atom stereocenters. The number of ether oxygens (including phenoxy) is 2. The summed E-state index contributed by atoms with van der Waals surface area (Å²) in [7, 11) is -4.14. The van der Waals surface area contributed by atoms with E-state index in [9.17, 15) is 27.9 Å². The summed E-state index contributed by atoms with van der Waals surface area (Å²) in [6.45, 7) is 3.65. The molecule has 1 amide bonds. The van der Waals surface area contributed by atoms with Gasteiger partial charge in [-0.2, -0.15) is 4.31 Å². The summed E-state index contributed by atoms with van der Waals surface area (Å²) in [6.07, 6.45) is -0.943. The smallest absolute Gasteiger partial charge is 0.263 e. The van der Waals surface area contributed by atoms with Gasteiger partial charge in [0, 0.05) is 12.6 Å². The number of rotatable bonds is 10. The van der Waals surface area contributed by atoms with Gasteiger partial charge >= 0.3 is 0 Å². The number of nitrogens with zero attached hydrogens (tertiary/aromatic N) is 1. The van der Waals surface area contributed by atoms with Crippen molar-refractivity contribution in [2.45, 2.75) is 62.8 Å². The summed E-state index contributed by atoms with van der Waals surface area (Å²) in [5.74, 6) is -0.875. The first-order valence-corrected chi connectivity index (χ1v) is 12.6. The summed E-state index contributed by atoms with van der Waals surface area (Å²) < 4.78 is 51.7. The molecule has 1 aliphatic heterocycles. The number of carbonyl (C=O) groups is 1. The summed E-state index contributed by atoms with van der Waals surface area (Å²) in [4.78, 5) is 12.4. The lowest BCUT2D eigenvalue weighted by Gasteiger charge is -2.40. The number of sulfonamides is 1. The van der Waals surface area contributed by atoms with Gasteiger partial charge in [0.05, 0.1) is 11.0 Å². The Bertz CT molecular complexity index is 1080. The molecule has 4 N–H and O–H groups in total. The van der Waals surface area contributed by atoms with Crippen LogP contribution in [0.5, 0.6) is 5.75 Å². The van der Waals surface area contributed by atoms with E-state index in [4.69, 9.17) is 9.47 Å². The number of nitrogens with one attached hydrogen (secondary N) is 2. The third-order valence-corrected chi connectivity index (χ3v) is 7.37. The first-order valence-electron chi connectivity index (χ1n) is 11.1. The van der Waals surface area contributed by atoms with Crippen LogP contribution in [-0.2, 0) is 26.2 Å². The number of piperidine rings is 1. The van der Waals surface area contributed by atoms with Crippen LogP contribution in [0.4, 0.5) is 4.39 Å². The van der Waals surface area contributed by atoms with Gasteiger partial charge in [0.25, 0.3) is 5.91 Å². The molecular weight excluding hydrogens is 481 g/mol. The average molecular weight is 512 g/mol. The monoisotopic (exact) mass is 511 g/mol. The van der Waals surface area contributed by atoms with Crippen molar-refractivity contribution in [2.75, 3.05) is 6.54 Å². The van der Waals surface area contributed by atoms with Crippen LogP contribution in [0.1, 0.15) is 32.3 Å². The fourth-order valence-electron chi connectivity index (χ4n) is 3.86. The van der Waals surface area contributed by atoms with E-state index in [1.165, 1.54) is 41.9 Å². The molecule has 1 aliphatic rings. The first-order chi connectivity index (χ1) is 16.6. The van der Waals surface area contributed by atoms with Gasteiger partial charge < -0.3 is 14.6 Å². The highest BCUT2D eigenvalue weighted by molar-refractivity contribution is 7.89. The summed E-state index contributed by atoms with van der Waals surface area (Å²) >= 11 is 0. The Hall–Kier alpha value is -2.61. The molecular formula is C23H30FN3O7S. The van der Waals surface area contributed by atoms with E-state index >= 15 is 0 Å². The number of carbonyl (C=O) groups excluding carboxylic acids is 1. The zero-order valence-electron chi connectivity index (χ0n) is 19.4. The van der Waals surface area contributed by atoms with Crippen molar-refractivity contribution in [1.29, 1.82) is 0 Å². The second-order valence-corrected chi connectivity index (χ2v) is 10.3. The minimum absolute atomic E-state index is 0.0442. The van der Waals surface area contributed by atoms with Crippen LogP contribution in [-0.4, -0.2) is 60.1 Å². The van der Waals surface area contributed by atoms with Crippen LogP contribution in [0, 0.1) is 5.82 Å². The summed E-state index contributed by atoms with van der Waals surface area (Å²) in [6, 6.07) is 9.37. The molecule has 35 heavy (non-hydrogen) atoms. The van der Waals surface area contributed by atoms with Gasteiger partial charge in [-0.05, 0) is 68.7 Å². The molecule has 3 unspecified atom stereocenters. The maximum absolute atomic E-state index is 13.4. The molecule has 192 valence electrons. The van der Waals surface area contributed by atoms with Gasteiger partial charge in [-0.15, -0.1) is 0 Å². The fraction of sp³-hybridized carbons (Fsp3) is 0.435. The van der Waals surface area contributed by atoms with Crippen molar-refractivity contribution < 1.29 is 37.4 Å². The third kappa shape index (κ3) is 6.97. The highest BCUT2D eigenvalue weighted by Gasteiger charge is 2.44. The van der Waals surface area contributed by atoms with E-state index in [-0.39, 0.29) is 30.0 Å². The normalized spacial score (nSPS) is 19.9. The first kappa shape index (κ1) is 27.0. The number of aliphatic hydroxyl groups is 1. The Morgan fingerprint density at radius 2 is 1.83 bits per heavy atom. The topological polar surface area (TPSA) is 137 Å². The maximum Gasteiger partial charge on any atom is 0.263 e. The van der Waals surface area contributed by atoms with Crippen molar-refractivity contribution in [3.63, 3.8) is 0 Å². The molecule has 1 saturated heterocycles. The zero-order chi connectivity index (χ0) is 25.6. The predicted molar refractivity (Wildman–Crippen MR) is 123 cm³/mol. The second kappa shape index (κ2) is 11.9.